The van der Waals surface area contributed by atoms with Gasteiger partial charge in [-0.3, -0.25) is 0 Å². The zero-order valence-electron chi connectivity index (χ0n) is 18.8. The Morgan fingerprint density at radius 1 is 1.00 bits per heavy atom. The summed E-state index contributed by atoms with van der Waals surface area (Å²) in [6.45, 7) is 0. The number of hydrogen-bond donors (Lipinski definition) is 3. The first-order valence-corrected chi connectivity index (χ1v) is 11.3. The Hall–Kier alpha value is -3.13. The van der Waals surface area contributed by atoms with E-state index in [9.17, 15) is 0 Å². The van der Waals surface area contributed by atoms with E-state index in [0.717, 1.165) is 53.8 Å². The first kappa shape index (κ1) is 22.1. The van der Waals surface area contributed by atoms with Gasteiger partial charge in [0.25, 0.3) is 0 Å². The third-order valence-corrected chi connectivity index (χ3v) is 5.95. The predicted molar refractivity (Wildman–Crippen MR) is 136 cm³/mol. The van der Waals surface area contributed by atoms with Crippen molar-refractivity contribution in [2.75, 3.05) is 36.7 Å². The van der Waals surface area contributed by atoms with Crippen LogP contribution >= 0.6 is 12.2 Å². The lowest BCUT2D eigenvalue weighted by Gasteiger charge is -2.30. The van der Waals surface area contributed by atoms with E-state index in [4.69, 9.17) is 26.9 Å². The number of rotatable bonds is 6. The summed E-state index contributed by atoms with van der Waals surface area (Å²) < 4.78 is 5.27. The van der Waals surface area contributed by atoms with Gasteiger partial charge in [-0.2, -0.15) is 4.98 Å². The summed E-state index contributed by atoms with van der Waals surface area (Å²) in [5.41, 5.74) is 1.88. The van der Waals surface area contributed by atoms with E-state index in [0.29, 0.717) is 23.1 Å². The van der Waals surface area contributed by atoms with E-state index in [2.05, 4.69) is 22.0 Å². The Labute approximate surface area is 194 Å². The van der Waals surface area contributed by atoms with Crippen LogP contribution in [0.5, 0.6) is 5.75 Å². The van der Waals surface area contributed by atoms with Gasteiger partial charge in [-0.25, -0.2) is 4.98 Å². The molecule has 4 rings (SSSR count). The number of para-hydroxylation sites is 1. The zero-order valence-corrected chi connectivity index (χ0v) is 19.6. The van der Waals surface area contributed by atoms with Crippen LogP contribution in [0.3, 0.4) is 0 Å². The molecule has 0 amide bonds. The van der Waals surface area contributed by atoms with Gasteiger partial charge in [0.15, 0.2) is 5.11 Å². The van der Waals surface area contributed by atoms with Crippen LogP contribution in [-0.2, 0) is 0 Å². The highest BCUT2D eigenvalue weighted by Crippen LogP contribution is 2.26. The first-order chi connectivity index (χ1) is 15.5. The monoisotopic (exact) mass is 450 g/mol. The fraction of sp³-hybridized carbons (Fsp3) is 0.375. The summed E-state index contributed by atoms with van der Waals surface area (Å²) >= 11 is 5.51. The summed E-state index contributed by atoms with van der Waals surface area (Å²) in [4.78, 5) is 11.5. The molecule has 0 aliphatic heterocycles. The molecule has 1 aliphatic carbocycles. The molecular weight excluding hydrogens is 420 g/mol. The second-order valence-electron chi connectivity index (χ2n) is 8.31. The third kappa shape index (κ3) is 5.37. The number of thiocarbonyl (C=S) groups is 1. The highest BCUT2D eigenvalue weighted by molar-refractivity contribution is 7.80. The number of methoxy groups -OCH3 is 1. The van der Waals surface area contributed by atoms with Crippen molar-refractivity contribution < 1.29 is 4.74 Å². The molecule has 0 saturated heterocycles. The first-order valence-electron chi connectivity index (χ1n) is 10.9. The van der Waals surface area contributed by atoms with Crippen LogP contribution in [-0.4, -0.2) is 48.4 Å². The number of anilines is 3. The van der Waals surface area contributed by atoms with Crippen molar-refractivity contribution in [2.24, 2.45) is 0 Å². The van der Waals surface area contributed by atoms with Gasteiger partial charge < -0.3 is 25.6 Å². The summed E-state index contributed by atoms with van der Waals surface area (Å²) in [7, 11) is 5.68. The lowest BCUT2D eigenvalue weighted by molar-refractivity contribution is 0.387. The maximum absolute atomic E-state index is 5.51. The SMILES string of the molecule is COc1cccc(NC(=S)NC2CCC(Nc3nc(N(C)C)c4ccccc4n3)CC2)c1. The van der Waals surface area contributed by atoms with Gasteiger partial charge in [-0.1, -0.05) is 18.2 Å². The van der Waals surface area contributed by atoms with E-state index >= 15 is 0 Å². The minimum absolute atomic E-state index is 0.351. The number of fused-ring (bicyclic) bond motifs is 1. The second kappa shape index (κ2) is 9.99. The van der Waals surface area contributed by atoms with Crippen molar-refractivity contribution in [1.29, 1.82) is 0 Å². The highest BCUT2D eigenvalue weighted by atomic mass is 32.1. The number of nitrogens with zero attached hydrogens (tertiary/aromatic N) is 3. The minimum Gasteiger partial charge on any atom is -0.497 e. The van der Waals surface area contributed by atoms with E-state index in [1.807, 2.05) is 61.5 Å². The molecule has 1 heterocycles. The number of aromatic nitrogens is 2. The molecule has 7 nitrogen and oxygen atoms in total. The Morgan fingerprint density at radius 3 is 2.50 bits per heavy atom. The predicted octanol–water partition coefficient (Wildman–Crippen LogP) is 4.41. The summed E-state index contributed by atoms with van der Waals surface area (Å²) in [6, 6.07) is 16.6. The molecule has 0 spiro atoms. The maximum Gasteiger partial charge on any atom is 0.225 e. The zero-order chi connectivity index (χ0) is 22.5. The second-order valence-corrected chi connectivity index (χ2v) is 8.71. The van der Waals surface area contributed by atoms with Crippen LogP contribution in [0.2, 0.25) is 0 Å². The van der Waals surface area contributed by atoms with E-state index < -0.39 is 0 Å². The van der Waals surface area contributed by atoms with Gasteiger partial charge in [0.05, 0.1) is 12.6 Å². The van der Waals surface area contributed by atoms with Crippen LogP contribution in [0.15, 0.2) is 48.5 Å². The standard InChI is InChI=1S/C24H30N6OS/c1-30(2)22-20-9-4-5-10-21(20)28-23(29-22)25-16-11-13-17(14-12-16)26-24(32)27-18-7-6-8-19(15-18)31-3/h4-10,15-17H,11-14H2,1-3H3,(H,25,28,29)(H2,26,27,32). The highest BCUT2D eigenvalue weighted by Gasteiger charge is 2.23. The van der Waals surface area contributed by atoms with E-state index in [-0.39, 0.29) is 0 Å². The summed E-state index contributed by atoms with van der Waals surface area (Å²) in [5.74, 6) is 2.43. The summed E-state index contributed by atoms with van der Waals surface area (Å²) in [6.07, 6.45) is 4.14. The Morgan fingerprint density at radius 2 is 1.75 bits per heavy atom. The molecule has 0 radical (unpaired) electrons. The Kier molecular flexibility index (Phi) is 6.90. The normalized spacial score (nSPS) is 18.1. The molecule has 2 aromatic carbocycles. The number of nitrogens with one attached hydrogen (secondary N) is 3. The van der Waals surface area contributed by atoms with Crippen LogP contribution in [0.25, 0.3) is 10.9 Å². The molecule has 3 aromatic rings. The number of ether oxygens (including phenoxy) is 1. The van der Waals surface area contributed by atoms with Crippen molar-refractivity contribution in [3.05, 3.63) is 48.5 Å². The van der Waals surface area contributed by atoms with Crippen molar-refractivity contribution in [3.8, 4) is 5.75 Å². The molecule has 1 aromatic heterocycles. The molecule has 3 N–H and O–H groups in total. The van der Waals surface area contributed by atoms with Crippen molar-refractivity contribution in [1.82, 2.24) is 15.3 Å². The van der Waals surface area contributed by atoms with Gasteiger partial charge >= 0.3 is 0 Å². The Balaban J connectivity index is 1.31. The van der Waals surface area contributed by atoms with E-state index in [1.54, 1.807) is 7.11 Å². The van der Waals surface area contributed by atoms with Crippen molar-refractivity contribution >= 4 is 45.7 Å². The van der Waals surface area contributed by atoms with Gasteiger partial charge in [0.2, 0.25) is 5.95 Å². The Bertz CT molecular complexity index is 1080. The molecule has 8 heteroatoms. The van der Waals surface area contributed by atoms with Crippen LogP contribution in [0.4, 0.5) is 17.5 Å². The quantitative estimate of drug-likeness (QED) is 0.477. The lowest BCUT2D eigenvalue weighted by atomic mass is 9.91. The van der Waals surface area contributed by atoms with Crippen molar-refractivity contribution in [2.45, 2.75) is 37.8 Å². The van der Waals surface area contributed by atoms with Crippen LogP contribution in [0, 0.1) is 0 Å². The van der Waals surface area contributed by atoms with Gasteiger partial charge in [0, 0.05) is 43.3 Å². The average molecular weight is 451 g/mol. The summed E-state index contributed by atoms with van der Waals surface area (Å²) in [5, 5.41) is 12.0. The van der Waals surface area contributed by atoms with Crippen molar-refractivity contribution in [3.63, 3.8) is 0 Å². The largest absolute Gasteiger partial charge is 0.497 e. The molecule has 1 aliphatic rings. The molecule has 1 saturated carbocycles. The van der Waals surface area contributed by atoms with Crippen LogP contribution < -0.4 is 25.6 Å². The average Bonchev–Trinajstić information content (AvgIpc) is 2.80. The van der Waals surface area contributed by atoms with Gasteiger partial charge in [0.1, 0.15) is 11.6 Å². The molecule has 0 unspecified atom stereocenters. The molecular formula is C24H30N6OS. The molecule has 1 fully saturated rings. The topological polar surface area (TPSA) is 74.3 Å². The third-order valence-electron chi connectivity index (χ3n) is 5.73. The molecule has 32 heavy (non-hydrogen) atoms. The number of hydrogen-bond acceptors (Lipinski definition) is 6. The number of benzene rings is 2. The lowest BCUT2D eigenvalue weighted by Crippen LogP contribution is -2.42. The van der Waals surface area contributed by atoms with Gasteiger partial charge in [-0.05, 0) is 62.2 Å². The fourth-order valence-electron chi connectivity index (χ4n) is 4.08. The maximum atomic E-state index is 5.51. The van der Waals surface area contributed by atoms with E-state index in [1.165, 1.54) is 0 Å². The minimum atomic E-state index is 0.351. The van der Waals surface area contributed by atoms with Gasteiger partial charge in [-0.15, -0.1) is 0 Å². The smallest absolute Gasteiger partial charge is 0.225 e. The molecule has 0 bridgehead atoms. The fourth-order valence-corrected chi connectivity index (χ4v) is 4.37. The molecule has 0 atom stereocenters. The molecule has 168 valence electrons. The van der Waals surface area contributed by atoms with Crippen LogP contribution in [0.1, 0.15) is 25.7 Å².